The molecule has 1 aliphatic heterocycles. The highest BCUT2D eigenvalue weighted by Crippen LogP contribution is 2.25. The molecule has 2 rings (SSSR count). The third-order valence-corrected chi connectivity index (χ3v) is 6.08. The van der Waals surface area contributed by atoms with Crippen molar-refractivity contribution in [3.05, 3.63) is 48.6 Å². The third-order valence-electron chi connectivity index (χ3n) is 4.64. The van der Waals surface area contributed by atoms with E-state index in [1.807, 2.05) is 26.8 Å². The van der Waals surface area contributed by atoms with Crippen molar-refractivity contribution >= 4 is 17.1 Å². The third kappa shape index (κ3) is 6.61. The summed E-state index contributed by atoms with van der Waals surface area (Å²) in [6, 6.07) is 10.6. The largest absolute Gasteiger partial charge is 0.591 e. The van der Waals surface area contributed by atoms with Crippen molar-refractivity contribution in [3.63, 3.8) is 0 Å². The van der Waals surface area contributed by atoms with E-state index in [9.17, 15) is 4.55 Å². The van der Waals surface area contributed by atoms with Gasteiger partial charge < -0.3 is 4.55 Å². The number of allylic oxidation sites excluding steroid dienone is 1. The van der Waals surface area contributed by atoms with E-state index in [2.05, 4.69) is 46.2 Å². The predicted octanol–water partition coefficient (Wildman–Crippen LogP) is 4.77. The van der Waals surface area contributed by atoms with E-state index in [0.717, 1.165) is 51.0 Å². The van der Waals surface area contributed by atoms with Gasteiger partial charge in [0.25, 0.3) is 0 Å². The van der Waals surface area contributed by atoms with Gasteiger partial charge in [0, 0.05) is 12.5 Å². The molecule has 0 saturated carbocycles. The van der Waals surface area contributed by atoms with Crippen LogP contribution in [-0.2, 0) is 17.9 Å². The highest BCUT2D eigenvalue weighted by Gasteiger charge is 2.30. The molecule has 3 nitrogen and oxygen atoms in total. The fraction of sp³-hybridized carbons (Fsp3) is 0.571. The molecule has 1 unspecified atom stereocenters. The monoisotopic (exact) mass is 360 g/mol. The molecule has 1 aromatic rings. The molecule has 4 heteroatoms. The Morgan fingerprint density at radius 2 is 1.92 bits per heavy atom. The number of hydrogen-bond donors (Lipinski definition) is 0. The number of hydrogen-bond acceptors (Lipinski definition) is 3. The maximum atomic E-state index is 12.5. The van der Waals surface area contributed by atoms with E-state index in [1.54, 1.807) is 0 Å². The van der Waals surface area contributed by atoms with Crippen LogP contribution in [0.1, 0.15) is 52.0 Å². The molecule has 1 aliphatic rings. The minimum absolute atomic E-state index is 0.298. The lowest BCUT2D eigenvalue weighted by Gasteiger charge is -2.32. The molecule has 1 saturated heterocycles. The predicted molar refractivity (Wildman–Crippen MR) is 109 cm³/mol. The molecule has 0 aromatic heterocycles. The van der Waals surface area contributed by atoms with E-state index < -0.39 is 11.4 Å². The molecule has 0 aliphatic carbocycles. The highest BCUT2D eigenvalue weighted by molar-refractivity contribution is 7.91. The maximum absolute atomic E-state index is 12.5. The smallest absolute Gasteiger partial charge is 0.144 e. The Morgan fingerprint density at radius 1 is 1.28 bits per heavy atom. The van der Waals surface area contributed by atoms with Gasteiger partial charge in [-0.15, -0.1) is 6.58 Å². The first-order valence-corrected chi connectivity index (χ1v) is 10.4. The normalized spacial score (nSPS) is 19.0. The summed E-state index contributed by atoms with van der Waals surface area (Å²) in [5.41, 5.74) is 2.50. The second-order valence-corrected chi connectivity index (χ2v) is 9.71. The Kier molecular flexibility index (Phi) is 7.73. The molecule has 138 valence electrons. The number of benzene rings is 1. The van der Waals surface area contributed by atoms with E-state index in [1.165, 1.54) is 5.56 Å². The van der Waals surface area contributed by atoms with E-state index >= 15 is 0 Å². The molecule has 0 amide bonds. The lowest BCUT2D eigenvalue weighted by Crippen LogP contribution is -2.37. The zero-order valence-electron chi connectivity index (χ0n) is 15.9. The molecule has 0 N–H and O–H groups in total. The molecule has 0 bridgehead atoms. The molecule has 0 spiro atoms. The van der Waals surface area contributed by atoms with Crippen molar-refractivity contribution in [2.75, 3.05) is 13.1 Å². The van der Waals surface area contributed by atoms with E-state index in [-0.39, 0.29) is 4.75 Å². The van der Waals surface area contributed by atoms with Crippen LogP contribution >= 0.6 is 0 Å². The lowest BCUT2D eigenvalue weighted by molar-refractivity contribution is 0.201. The molecule has 1 atom stereocenters. The molecular weight excluding hydrogens is 328 g/mol. The second-order valence-electron chi connectivity index (χ2n) is 7.81. The van der Waals surface area contributed by atoms with Crippen molar-refractivity contribution in [3.8, 4) is 0 Å². The fourth-order valence-electron chi connectivity index (χ4n) is 3.08. The summed E-state index contributed by atoms with van der Waals surface area (Å²) in [7, 11) is 0. The molecule has 1 fully saturated rings. The first-order chi connectivity index (χ1) is 11.9. The van der Waals surface area contributed by atoms with Crippen molar-refractivity contribution < 1.29 is 4.55 Å². The number of rotatable bonds is 7. The summed E-state index contributed by atoms with van der Waals surface area (Å²) in [4.78, 5) is 2.51. The van der Waals surface area contributed by atoms with Gasteiger partial charge in [0.15, 0.2) is 0 Å². The number of nitrogens with zero attached hydrogens (tertiary/aromatic N) is 2. The summed E-state index contributed by atoms with van der Waals surface area (Å²) in [5.74, 6) is 0.457. The van der Waals surface area contributed by atoms with Gasteiger partial charge in [-0.1, -0.05) is 40.8 Å². The van der Waals surface area contributed by atoms with Crippen LogP contribution in [0.2, 0.25) is 0 Å². The minimum atomic E-state index is -1.17. The van der Waals surface area contributed by atoms with Crippen LogP contribution in [0, 0.1) is 5.92 Å². The molecular formula is C21H32N2OS. The number of likely N-dealkylation sites (tertiary alicyclic amines) is 1. The topological polar surface area (TPSA) is 38.7 Å². The maximum Gasteiger partial charge on any atom is 0.144 e. The average Bonchev–Trinajstić information content (AvgIpc) is 2.59. The van der Waals surface area contributed by atoms with Gasteiger partial charge >= 0.3 is 0 Å². The van der Waals surface area contributed by atoms with Crippen LogP contribution in [0.4, 0.5) is 0 Å². The summed E-state index contributed by atoms with van der Waals surface area (Å²) in [5, 5.41) is 0. The van der Waals surface area contributed by atoms with Crippen molar-refractivity contribution in [2.45, 2.75) is 57.7 Å². The summed E-state index contributed by atoms with van der Waals surface area (Å²) >= 11 is -1.17. The van der Waals surface area contributed by atoms with Crippen molar-refractivity contribution in [1.82, 2.24) is 4.90 Å². The average molecular weight is 361 g/mol. The Balaban J connectivity index is 1.96. The van der Waals surface area contributed by atoms with E-state index in [0.29, 0.717) is 5.92 Å². The van der Waals surface area contributed by atoms with E-state index in [4.69, 9.17) is 0 Å². The van der Waals surface area contributed by atoms with Crippen molar-refractivity contribution in [2.24, 2.45) is 10.3 Å². The molecule has 25 heavy (non-hydrogen) atoms. The second kappa shape index (κ2) is 9.56. The van der Waals surface area contributed by atoms with Crippen LogP contribution in [0.25, 0.3) is 0 Å². The Morgan fingerprint density at radius 3 is 2.48 bits per heavy atom. The van der Waals surface area contributed by atoms with Crippen LogP contribution < -0.4 is 0 Å². The van der Waals surface area contributed by atoms with Gasteiger partial charge in [-0.25, -0.2) is 0 Å². The summed E-state index contributed by atoms with van der Waals surface area (Å²) in [6.45, 7) is 13.0. The van der Waals surface area contributed by atoms with Crippen LogP contribution in [-0.4, -0.2) is 33.0 Å². The zero-order chi connectivity index (χ0) is 18.3. The fourth-order valence-corrected chi connectivity index (χ4v) is 3.81. The lowest BCUT2D eigenvalue weighted by atomic mass is 9.89. The first-order valence-electron chi connectivity index (χ1n) is 9.27. The van der Waals surface area contributed by atoms with Crippen LogP contribution in [0.15, 0.2) is 47.4 Å². The number of piperidine rings is 1. The standard InChI is InChI=1S/C21H32N2OS/c1-5-6-12-20(22-25(24)21(2,3)4)19-13-15-23(16-14-19)17-18-10-8-7-9-11-18/h5,7-11,19H,1,6,12-17H2,2-4H3/b22-20+. The van der Waals surface area contributed by atoms with Gasteiger partial charge in [0.2, 0.25) is 0 Å². The molecule has 1 aromatic carbocycles. The molecule has 1 heterocycles. The SMILES string of the molecule is C=CCC/C(=N\[S+]([O-])C(C)(C)C)C1CCN(Cc2ccccc2)CC1. The highest BCUT2D eigenvalue weighted by atomic mass is 32.2. The van der Waals surface area contributed by atoms with Gasteiger partial charge in [-0.3, -0.25) is 4.90 Å². The quantitative estimate of drug-likeness (QED) is 0.399. The van der Waals surface area contributed by atoms with Crippen molar-refractivity contribution in [1.29, 1.82) is 0 Å². The van der Waals surface area contributed by atoms with Crippen LogP contribution in [0.5, 0.6) is 0 Å². The molecule has 0 radical (unpaired) electrons. The van der Waals surface area contributed by atoms with Crippen LogP contribution in [0.3, 0.4) is 0 Å². The van der Waals surface area contributed by atoms with Gasteiger partial charge in [-0.05, 0) is 65.1 Å². The Bertz CT molecular complexity index is 557. The summed E-state index contributed by atoms with van der Waals surface area (Å²) < 4.78 is 16.8. The Labute approximate surface area is 156 Å². The Hall–Kier alpha value is -1.10. The summed E-state index contributed by atoms with van der Waals surface area (Å²) in [6.07, 6.45) is 5.92. The minimum Gasteiger partial charge on any atom is -0.591 e. The first kappa shape index (κ1) is 20.2. The van der Waals surface area contributed by atoms with Gasteiger partial charge in [0.05, 0.1) is 5.71 Å². The van der Waals surface area contributed by atoms with Gasteiger partial charge in [0.1, 0.15) is 16.1 Å². The zero-order valence-corrected chi connectivity index (χ0v) is 16.7. The van der Waals surface area contributed by atoms with Gasteiger partial charge in [-0.2, -0.15) is 0 Å².